The molecule has 0 spiro atoms. The average molecular weight is 380 g/mol. The van der Waals surface area contributed by atoms with Crippen LogP contribution in [-0.2, 0) is 15.8 Å². The van der Waals surface area contributed by atoms with Gasteiger partial charge in [-0.3, -0.25) is 0 Å². The largest absolute Gasteiger partial charge is 0.497 e. The molecule has 1 N–H and O–H groups in total. The Morgan fingerprint density at radius 2 is 1.68 bits per heavy atom. The summed E-state index contributed by atoms with van der Waals surface area (Å²) in [4.78, 5) is 0.345. The number of sulfonamides is 1. The summed E-state index contributed by atoms with van der Waals surface area (Å²) in [6.45, 7) is 6.08. The number of benzene rings is 2. The van der Waals surface area contributed by atoms with Crippen molar-refractivity contribution < 1.29 is 13.2 Å². The van der Waals surface area contributed by atoms with Gasteiger partial charge in [0, 0.05) is 18.1 Å². The minimum Gasteiger partial charge on any atom is -0.497 e. The maximum absolute atomic E-state index is 12.6. The highest BCUT2D eigenvalue weighted by molar-refractivity contribution is 7.98. The van der Waals surface area contributed by atoms with Crippen molar-refractivity contribution in [3.63, 3.8) is 0 Å². The van der Waals surface area contributed by atoms with Crippen molar-refractivity contribution in [3.05, 3.63) is 58.7 Å². The van der Waals surface area contributed by atoms with Crippen LogP contribution in [0.25, 0.3) is 0 Å². The molecule has 2 aromatic rings. The number of ether oxygens (including phenoxy) is 1. The molecular weight excluding hydrogens is 354 g/mol. The summed E-state index contributed by atoms with van der Waals surface area (Å²) in [5.74, 6) is 2.28. The van der Waals surface area contributed by atoms with Crippen LogP contribution in [0.5, 0.6) is 5.75 Å². The van der Waals surface area contributed by atoms with E-state index >= 15 is 0 Å². The monoisotopic (exact) mass is 379 g/mol. The SMILES string of the molecule is COc1cc(C)c(S(=O)(=O)NCCSCc2ccccc2C)c(C)c1. The number of thioether (sulfide) groups is 1. The molecule has 0 bridgehead atoms. The van der Waals surface area contributed by atoms with Crippen molar-refractivity contribution in [1.82, 2.24) is 4.72 Å². The summed E-state index contributed by atoms with van der Waals surface area (Å²) in [5.41, 5.74) is 3.94. The highest BCUT2D eigenvalue weighted by Gasteiger charge is 2.19. The van der Waals surface area contributed by atoms with Crippen LogP contribution in [0.4, 0.5) is 0 Å². The van der Waals surface area contributed by atoms with Crippen LogP contribution in [-0.4, -0.2) is 27.8 Å². The Morgan fingerprint density at radius 3 is 2.28 bits per heavy atom. The molecule has 0 fully saturated rings. The molecule has 2 rings (SSSR count). The zero-order chi connectivity index (χ0) is 18.4. The van der Waals surface area contributed by atoms with E-state index in [1.807, 2.05) is 12.1 Å². The van der Waals surface area contributed by atoms with E-state index in [4.69, 9.17) is 4.74 Å². The maximum atomic E-state index is 12.6. The molecule has 0 aliphatic rings. The van der Waals surface area contributed by atoms with Crippen LogP contribution < -0.4 is 9.46 Å². The average Bonchev–Trinajstić information content (AvgIpc) is 2.55. The third-order valence-electron chi connectivity index (χ3n) is 4.00. The van der Waals surface area contributed by atoms with Crippen LogP contribution >= 0.6 is 11.8 Å². The molecular formula is C19H25NO3S2. The molecule has 25 heavy (non-hydrogen) atoms. The molecule has 0 aromatic heterocycles. The minimum atomic E-state index is -3.52. The highest BCUT2D eigenvalue weighted by atomic mass is 32.2. The van der Waals surface area contributed by atoms with Crippen molar-refractivity contribution in [2.75, 3.05) is 19.4 Å². The Labute approximate surface area is 155 Å². The van der Waals surface area contributed by atoms with Crippen molar-refractivity contribution in [1.29, 1.82) is 0 Å². The van der Waals surface area contributed by atoms with E-state index < -0.39 is 10.0 Å². The molecule has 4 nitrogen and oxygen atoms in total. The lowest BCUT2D eigenvalue weighted by Gasteiger charge is -2.13. The Balaban J connectivity index is 1.93. The standard InChI is InChI=1S/C19H25NO3S2/c1-14-7-5-6-8-17(14)13-24-10-9-20-25(21,22)19-15(2)11-18(23-4)12-16(19)3/h5-8,11-12,20H,9-10,13H2,1-4H3. The fourth-order valence-electron chi connectivity index (χ4n) is 2.73. The van der Waals surface area contributed by atoms with Gasteiger partial charge in [-0.05, 0) is 55.2 Å². The number of hydrogen-bond donors (Lipinski definition) is 1. The second kappa shape index (κ2) is 8.74. The molecule has 0 radical (unpaired) electrons. The smallest absolute Gasteiger partial charge is 0.241 e. The summed E-state index contributed by atoms with van der Waals surface area (Å²) in [7, 11) is -1.94. The Bertz CT molecular complexity index is 809. The van der Waals surface area contributed by atoms with Crippen LogP contribution in [0, 0.1) is 20.8 Å². The third-order valence-corrected chi connectivity index (χ3v) is 6.77. The molecule has 0 aliphatic heterocycles. The summed E-state index contributed by atoms with van der Waals surface area (Å²) >= 11 is 1.72. The van der Waals surface area contributed by atoms with Gasteiger partial charge in [0.15, 0.2) is 0 Å². The van der Waals surface area contributed by atoms with E-state index in [0.29, 0.717) is 28.3 Å². The molecule has 0 saturated carbocycles. The van der Waals surface area contributed by atoms with Gasteiger partial charge in [-0.1, -0.05) is 24.3 Å². The Kier molecular flexibility index (Phi) is 6.93. The third kappa shape index (κ3) is 5.23. The van der Waals surface area contributed by atoms with Gasteiger partial charge in [0.1, 0.15) is 5.75 Å². The summed E-state index contributed by atoms with van der Waals surface area (Å²) in [5, 5.41) is 0. The summed E-state index contributed by atoms with van der Waals surface area (Å²) < 4.78 is 33.1. The molecule has 136 valence electrons. The summed E-state index contributed by atoms with van der Waals surface area (Å²) in [6.07, 6.45) is 0. The number of methoxy groups -OCH3 is 1. The fourth-order valence-corrected chi connectivity index (χ4v) is 5.27. The molecule has 0 heterocycles. The van der Waals surface area contributed by atoms with E-state index in [9.17, 15) is 8.42 Å². The van der Waals surface area contributed by atoms with E-state index in [0.717, 1.165) is 11.5 Å². The minimum absolute atomic E-state index is 0.345. The van der Waals surface area contributed by atoms with Gasteiger partial charge in [-0.2, -0.15) is 11.8 Å². The second-order valence-corrected chi connectivity index (χ2v) is 8.78. The normalized spacial score (nSPS) is 11.5. The zero-order valence-corrected chi connectivity index (χ0v) is 16.8. The van der Waals surface area contributed by atoms with Gasteiger partial charge in [0.2, 0.25) is 10.0 Å². The number of aryl methyl sites for hydroxylation is 3. The van der Waals surface area contributed by atoms with Crippen molar-refractivity contribution in [2.24, 2.45) is 0 Å². The van der Waals surface area contributed by atoms with Crippen LogP contribution in [0.1, 0.15) is 22.3 Å². The van der Waals surface area contributed by atoms with E-state index in [1.54, 1.807) is 44.9 Å². The lowest BCUT2D eigenvalue weighted by molar-refractivity contribution is 0.413. The molecule has 2 aromatic carbocycles. The predicted molar refractivity (Wildman–Crippen MR) is 105 cm³/mol. The molecule has 6 heteroatoms. The highest BCUT2D eigenvalue weighted by Crippen LogP contribution is 2.25. The number of nitrogens with one attached hydrogen (secondary N) is 1. The molecule has 0 amide bonds. The second-order valence-electron chi connectivity index (χ2n) is 5.97. The molecule has 0 atom stereocenters. The lowest BCUT2D eigenvalue weighted by Crippen LogP contribution is -2.27. The quantitative estimate of drug-likeness (QED) is 0.708. The van der Waals surface area contributed by atoms with Crippen LogP contribution in [0.3, 0.4) is 0 Å². The molecule has 0 aliphatic carbocycles. The van der Waals surface area contributed by atoms with E-state index in [1.165, 1.54) is 11.1 Å². The van der Waals surface area contributed by atoms with Gasteiger partial charge in [-0.25, -0.2) is 13.1 Å². The lowest BCUT2D eigenvalue weighted by atomic mass is 10.1. The first-order valence-corrected chi connectivity index (χ1v) is 10.8. The maximum Gasteiger partial charge on any atom is 0.241 e. The van der Waals surface area contributed by atoms with Gasteiger partial charge in [0.25, 0.3) is 0 Å². The zero-order valence-electron chi connectivity index (χ0n) is 15.1. The Hall–Kier alpha value is -1.50. The van der Waals surface area contributed by atoms with Gasteiger partial charge >= 0.3 is 0 Å². The van der Waals surface area contributed by atoms with Gasteiger partial charge in [0.05, 0.1) is 12.0 Å². The first kappa shape index (κ1) is 19.8. The number of hydrogen-bond acceptors (Lipinski definition) is 4. The first-order chi connectivity index (χ1) is 11.8. The van der Waals surface area contributed by atoms with Gasteiger partial charge < -0.3 is 4.74 Å². The Morgan fingerprint density at radius 1 is 1.04 bits per heavy atom. The molecule has 0 saturated heterocycles. The summed E-state index contributed by atoms with van der Waals surface area (Å²) in [6, 6.07) is 11.7. The predicted octanol–water partition coefficient (Wildman–Crippen LogP) is 3.83. The van der Waals surface area contributed by atoms with Crippen molar-refractivity contribution >= 4 is 21.8 Å². The number of rotatable bonds is 8. The van der Waals surface area contributed by atoms with E-state index in [2.05, 4.69) is 23.8 Å². The van der Waals surface area contributed by atoms with Crippen molar-refractivity contribution in [3.8, 4) is 5.75 Å². The van der Waals surface area contributed by atoms with Crippen LogP contribution in [0.2, 0.25) is 0 Å². The van der Waals surface area contributed by atoms with Gasteiger partial charge in [-0.15, -0.1) is 0 Å². The first-order valence-electron chi connectivity index (χ1n) is 8.12. The van der Waals surface area contributed by atoms with Crippen molar-refractivity contribution in [2.45, 2.75) is 31.4 Å². The topological polar surface area (TPSA) is 55.4 Å². The molecule has 0 unspecified atom stereocenters. The van der Waals surface area contributed by atoms with E-state index in [-0.39, 0.29) is 0 Å². The fraction of sp³-hybridized carbons (Fsp3) is 0.368. The van der Waals surface area contributed by atoms with Crippen LogP contribution in [0.15, 0.2) is 41.3 Å².